The zero-order chi connectivity index (χ0) is 15.7. The number of rotatable bonds is 3. The van der Waals surface area contributed by atoms with Gasteiger partial charge in [-0.15, -0.1) is 0 Å². The molecule has 1 aromatic heterocycles. The van der Waals surface area contributed by atoms with Crippen LogP contribution in [0.3, 0.4) is 0 Å². The molecule has 2 heterocycles. The molecule has 6 heteroatoms. The Morgan fingerprint density at radius 3 is 2.95 bits per heavy atom. The lowest BCUT2D eigenvalue weighted by molar-refractivity contribution is 0.0735. The molecule has 2 N–H and O–H groups in total. The number of amides is 1. The number of hydrogen-bond donors (Lipinski definition) is 2. The van der Waals surface area contributed by atoms with Crippen LogP contribution in [0.2, 0.25) is 5.02 Å². The van der Waals surface area contributed by atoms with E-state index in [2.05, 4.69) is 15.5 Å². The molecule has 3 rings (SSSR count). The molecule has 1 aromatic carbocycles. The van der Waals surface area contributed by atoms with Gasteiger partial charge in [0, 0.05) is 42.8 Å². The number of benzene rings is 1. The molecule has 0 aliphatic carbocycles. The van der Waals surface area contributed by atoms with Crippen LogP contribution in [0.5, 0.6) is 0 Å². The Labute approximate surface area is 134 Å². The normalized spacial score (nSPS) is 15.2. The van der Waals surface area contributed by atoms with E-state index in [1.807, 2.05) is 31.2 Å². The minimum Gasteiger partial charge on any atom is -0.333 e. The maximum absolute atomic E-state index is 12.8. The Hall–Kier alpha value is -1.85. The minimum absolute atomic E-state index is 0.0892. The van der Waals surface area contributed by atoms with Gasteiger partial charge in [0.1, 0.15) is 0 Å². The standard InChI is InChI=1S/C16H19ClN4O/c1-10(11-5-3-4-6-13(11)17)21(2)16(22)15-12-9-18-8-7-14(12)19-20-15/h3-6,10,18H,7-9H2,1-2H3,(H,19,20). The van der Waals surface area contributed by atoms with Gasteiger partial charge in [-0.1, -0.05) is 29.8 Å². The van der Waals surface area contributed by atoms with Gasteiger partial charge in [-0.05, 0) is 18.6 Å². The van der Waals surface area contributed by atoms with E-state index in [9.17, 15) is 4.79 Å². The van der Waals surface area contributed by atoms with Crippen molar-refractivity contribution in [2.75, 3.05) is 13.6 Å². The third-order valence-electron chi connectivity index (χ3n) is 4.27. The van der Waals surface area contributed by atoms with Gasteiger partial charge in [-0.25, -0.2) is 0 Å². The van der Waals surface area contributed by atoms with E-state index in [4.69, 9.17) is 11.6 Å². The van der Waals surface area contributed by atoms with Crippen molar-refractivity contribution >= 4 is 17.5 Å². The highest BCUT2D eigenvalue weighted by molar-refractivity contribution is 6.31. The summed E-state index contributed by atoms with van der Waals surface area (Å²) in [5.74, 6) is -0.0892. The van der Waals surface area contributed by atoms with Gasteiger partial charge < -0.3 is 10.2 Å². The smallest absolute Gasteiger partial charge is 0.274 e. The number of hydrogen-bond acceptors (Lipinski definition) is 3. The largest absolute Gasteiger partial charge is 0.333 e. The Morgan fingerprint density at radius 2 is 2.18 bits per heavy atom. The van der Waals surface area contributed by atoms with Gasteiger partial charge in [0.15, 0.2) is 5.69 Å². The Morgan fingerprint density at radius 1 is 1.41 bits per heavy atom. The zero-order valence-electron chi connectivity index (χ0n) is 12.7. The fourth-order valence-corrected chi connectivity index (χ4v) is 3.06. The van der Waals surface area contributed by atoms with Gasteiger partial charge >= 0.3 is 0 Å². The molecule has 5 nitrogen and oxygen atoms in total. The second-order valence-corrected chi connectivity index (χ2v) is 5.98. The summed E-state index contributed by atoms with van der Waals surface area (Å²) in [5.41, 5.74) is 3.47. The minimum atomic E-state index is -0.120. The molecule has 0 saturated heterocycles. The highest BCUT2D eigenvalue weighted by Crippen LogP contribution is 2.28. The SMILES string of the molecule is CC(c1ccccc1Cl)N(C)C(=O)c1n[nH]c2c1CNCC2. The van der Waals surface area contributed by atoms with Crippen molar-refractivity contribution in [1.82, 2.24) is 20.4 Å². The first-order valence-corrected chi connectivity index (χ1v) is 7.75. The van der Waals surface area contributed by atoms with Gasteiger partial charge in [0.25, 0.3) is 5.91 Å². The summed E-state index contributed by atoms with van der Waals surface area (Å²) in [6.07, 6.45) is 0.874. The number of fused-ring (bicyclic) bond motifs is 1. The Bertz CT molecular complexity index is 697. The molecule has 0 spiro atoms. The second-order valence-electron chi connectivity index (χ2n) is 5.57. The third kappa shape index (κ3) is 2.62. The monoisotopic (exact) mass is 318 g/mol. The third-order valence-corrected chi connectivity index (χ3v) is 4.61. The van der Waals surface area contributed by atoms with Crippen molar-refractivity contribution in [1.29, 1.82) is 0 Å². The number of nitrogens with zero attached hydrogens (tertiary/aromatic N) is 2. The van der Waals surface area contributed by atoms with Crippen LogP contribution >= 0.6 is 11.6 Å². The number of aromatic amines is 1. The van der Waals surface area contributed by atoms with Crippen molar-refractivity contribution in [2.24, 2.45) is 0 Å². The molecule has 0 saturated carbocycles. The number of halogens is 1. The van der Waals surface area contributed by atoms with Crippen LogP contribution in [0.15, 0.2) is 24.3 Å². The van der Waals surface area contributed by atoms with Crippen LogP contribution in [0, 0.1) is 0 Å². The maximum atomic E-state index is 12.8. The average Bonchev–Trinajstić information content (AvgIpc) is 2.97. The molecule has 22 heavy (non-hydrogen) atoms. The predicted octanol–water partition coefficient (Wildman–Crippen LogP) is 2.54. The first kappa shape index (κ1) is 15.1. The summed E-state index contributed by atoms with van der Waals surface area (Å²) in [4.78, 5) is 14.5. The van der Waals surface area contributed by atoms with Crippen molar-refractivity contribution in [2.45, 2.75) is 25.9 Å². The lowest BCUT2D eigenvalue weighted by Gasteiger charge is -2.26. The van der Waals surface area contributed by atoms with Crippen LogP contribution in [0.1, 0.15) is 40.3 Å². The fraction of sp³-hybridized carbons (Fsp3) is 0.375. The van der Waals surface area contributed by atoms with Gasteiger partial charge in [-0.3, -0.25) is 9.89 Å². The van der Waals surface area contributed by atoms with Crippen molar-refractivity contribution in [3.63, 3.8) is 0 Å². The van der Waals surface area contributed by atoms with Crippen molar-refractivity contribution in [3.8, 4) is 0 Å². The highest BCUT2D eigenvalue weighted by atomic mass is 35.5. The molecule has 1 amide bonds. The van der Waals surface area contributed by atoms with Gasteiger partial charge in [0.2, 0.25) is 0 Å². The molecule has 1 unspecified atom stereocenters. The number of H-pyrrole nitrogens is 1. The lowest BCUT2D eigenvalue weighted by Crippen LogP contribution is -2.32. The number of nitrogens with one attached hydrogen (secondary N) is 2. The molecule has 1 aliphatic rings. The van der Waals surface area contributed by atoms with E-state index in [-0.39, 0.29) is 11.9 Å². The summed E-state index contributed by atoms with van der Waals surface area (Å²) in [6, 6.07) is 7.47. The van der Waals surface area contributed by atoms with Crippen molar-refractivity contribution in [3.05, 3.63) is 51.8 Å². The van der Waals surface area contributed by atoms with Crippen LogP contribution in [0.25, 0.3) is 0 Å². The van der Waals surface area contributed by atoms with Crippen LogP contribution in [-0.2, 0) is 13.0 Å². The first-order chi connectivity index (χ1) is 10.6. The maximum Gasteiger partial charge on any atom is 0.274 e. The van der Waals surface area contributed by atoms with E-state index < -0.39 is 0 Å². The van der Waals surface area contributed by atoms with E-state index in [1.54, 1.807) is 11.9 Å². The Kier molecular flexibility index (Phi) is 4.18. The fourth-order valence-electron chi connectivity index (χ4n) is 2.77. The first-order valence-electron chi connectivity index (χ1n) is 7.38. The molecular weight excluding hydrogens is 300 g/mol. The van der Waals surface area contributed by atoms with Crippen LogP contribution in [-0.4, -0.2) is 34.6 Å². The van der Waals surface area contributed by atoms with Crippen LogP contribution in [0.4, 0.5) is 0 Å². The Balaban J connectivity index is 1.86. The molecule has 0 fully saturated rings. The molecule has 1 atom stereocenters. The lowest BCUT2D eigenvalue weighted by atomic mass is 10.0. The van der Waals surface area contributed by atoms with Gasteiger partial charge in [0.05, 0.1) is 6.04 Å². The molecule has 2 aromatic rings. The highest BCUT2D eigenvalue weighted by Gasteiger charge is 2.27. The molecule has 1 aliphatic heterocycles. The predicted molar refractivity (Wildman–Crippen MR) is 86.0 cm³/mol. The summed E-state index contributed by atoms with van der Waals surface area (Å²) in [6.45, 7) is 3.56. The quantitative estimate of drug-likeness (QED) is 0.914. The molecule has 0 radical (unpaired) electrons. The summed E-state index contributed by atoms with van der Waals surface area (Å²) >= 11 is 6.24. The summed E-state index contributed by atoms with van der Waals surface area (Å²) in [5, 5.41) is 11.2. The average molecular weight is 319 g/mol. The molecule has 116 valence electrons. The molecule has 0 bridgehead atoms. The number of aromatic nitrogens is 2. The summed E-state index contributed by atoms with van der Waals surface area (Å²) < 4.78 is 0. The number of carbonyl (C=O) groups is 1. The second kappa shape index (κ2) is 6.10. The number of carbonyl (C=O) groups excluding carboxylic acids is 1. The topological polar surface area (TPSA) is 61.0 Å². The van der Waals surface area contributed by atoms with Gasteiger partial charge in [-0.2, -0.15) is 5.10 Å². The van der Waals surface area contributed by atoms with E-state index >= 15 is 0 Å². The molecular formula is C16H19ClN4O. The van der Waals surface area contributed by atoms with E-state index in [0.717, 1.165) is 29.8 Å². The van der Waals surface area contributed by atoms with Crippen molar-refractivity contribution < 1.29 is 4.79 Å². The summed E-state index contributed by atoms with van der Waals surface area (Å²) in [7, 11) is 1.79. The van der Waals surface area contributed by atoms with Crippen LogP contribution < -0.4 is 5.32 Å². The van der Waals surface area contributed by atoms with E-state index in [0.29, 0.717) is 17.3 Å². The zero-order valence-corrected chi connectivity index (χ0v) is 13.4. The van der Waals surface area contributed by atoms with E-state index in [1.165, 1.54) is 0 Å².